The first-order chi connectivity index (χ1) is 10.4. The standard InChI is InChI=1S/C16H19ClO5/c1-9-5-3-2-4-6-11(18)15-10(7-14(21)22-9)16(17)13(20)8-12(15)19/h8-9,19-20H,2-7H2,1H3. The third kappa shape index (κ3) is 3.71. The van der Waals surface area contributed by atoms with Gasteiger partial charge in [0, 0.05) is 18.1 Å². The van der Waals surface area contributed by atoms with Crippen molar-refractivity contribution in [1.82, 2.24) is 0 Å². The fourth-order valence-corrected chi connectivity index (χ4v) is 2.87. The van der Waals surface area contributed by atoms with E-state index in [2.05, 4.69) is 0 Å². The zero-order chi connectivity index (χ0) is 16.3. The SMILES string of the molecule is CC1CCCCCC(=O)c2c(O)cc(O)c(Cl)c2CC(=O)O1. The lowest BCUT2D eigenvalue weighted by Gasteiger charge is -2.17. The largest absolute Gasteiger partial charge is 0.507 e. The Bertz CT molecular complexity index is 597. The summed E-state index contributed by atoms with van der Waals surface area (Å²) < 4.78 is 5.28. The number of benzene rings is 1. The minimum Gasteiger partial charge on any atom is -0.507 e. The molecule has 0 bridgehead atoms. The van der Waals surface area contributed by atoms with Gasteiger partial charge in [-0.3, -0.25) is 9.59 Å². The Kier molecular flexibility index (Phi) is 5.29. The molecule has 0 amide bonds. The van der Waals surface area contributed by atoms with E-state index in [9.17, 15) is 19.8 Å². The van der Waals surface area contributed by atoms with Crippen LogP contribution in [0.3, 0.4) is 0 Å². The van der Waals surface area contributed by atoms with Crippen LogP contribution in [-0.2, 0) is 16.0 Å². The molecule has 5 nitrogen and oxygen atoms in total. The van der Waals surface area contributed by atoms with E-state index in [4.69, 9.17) is 16.3 Å². The van der Waals surface area contributed by atoms with Gasteiger partial charge in [-0.05, 0) is 26.2 Å². The highest BCUT2D eigenvalue weighted by Crippen LogP contribution is 2.37. The lowest BCUT2D eigenvalue weighted by Crippen LogP contribution is -2.19. The summed E-state index contributed by atoms with van der Waals surface area (Å²) >= 11 is 6.02. The van der Waals surface area contributed by atoms with Crippen molar-refractivity contribution in [3.8, 4) is 11.5 Å². The first-order valence-electron chi connectivity index (χ1n) is 7.36. The Morgan fingerprint density at radius 2 is 1.91 bits per heavy atom. The van der Waals surface area contributed by atoms with Gasteiger partial charge in [0.2, 0.25) is 0 Å². The van der Waals surface area contributed by atoms with Crippen molar-refractivity contribution in [2.24, 2.45) is 0 Å². The number of carbonyl (C=O) groups excluding carboxylic acids is 2. The second-order valence-corrected chi connectivity index (χ2v) is 5.96. The molecule has 120 valence electrons. The average Bonchev–Trinajstić information content (AvgIpc) is 2.42. The Hall–Kier alpha value is -1.75. The van der Waals surface area contributed by atoms with E-state index in [1.54, 1.807) is 0 Å². The first kappa shape index (κ1) is 16.6. The lowest BCUT2D eigenvalue weighted by molar-refractivity contribution is -0.147. The number of rotatable bonds is 0. The van der Waals surface area contributed by atoms with Gasteiger partial charge in [-0.15, -0.1) is 0 Å². The number of hydrogen-bond donors (Lipinski definition) is 2. The third-order valence-electron chi connectivity index (χ3n) is 3.77. The van der Waals surface area contributed by atoms with Crippen LogP contribution in [0.15, 0.2) is 6.07 Å². The van der Waals surface area contributed by atoms with E-state index in [0.29, 0.717) is 6.42 Å². The summed E-state index contributed by atoms with van der Waals surface area (Å²) in [5.74, 6) is -1.54. The van der Waals surface area contributed by atoms with Crippen LogP contribution < -0.4 is 0 Å². The summed E-state index contributed by atoms with van der Waals surface area (Å²) in [6.45, 7) is 1.82. The number of ether oxygens (including phenoxy) is 1. The predicted molar refractivity (Wildman–Crippen MR) is 81.5 cm³/mol. The average molecular weight is 327 g/mol. The summed E-state index contributed by atoms with van der Waals surface area (Å²) in [6, 6.07) is 1.03. The Balaban J connectivity index is 2.45. The Morgan fingerprint density at radius 3 is 2.64 bits per heavy atom. The zero-order valence-electron chi connectivity index (χ0n) is 12.4. The van der Waals surface area contributed by atoms with E-state index in [-0.39, 0.29) is 52.4 Å². The molecule has 2 N–H and O–H groups in total. The third-order valence-corrected chi connectivity index (χ3v) is 4.19. The molecule has 1 aromatic rings. The van der Waals surface area contributed by atoms with Gasteiger partial charge in [0.25, 0.3) is 0 Å². The van der Waals surface area contributed by atoms with Crippen LogP contribution in [0, 0.1) is 0 Å². The summed E-state index contributed by atoms with van der Waals surface area (Å²) in [7, 11) is 0. The van der Waals surface area contributed by atoms with Crippen molar-refractivity contribution in [1.29, 1.82) is 0 Å². The molecular weight excluding hydrogens is 308 g/mol. The minimum absolute atomic E-state index is 0.00739. The quantitative estimate of drug-likeness (QED) is 0.714. The van der Waals surface area contributed by atoms with Crippen LogP contribution in [-0.4, -0.2) is 28.1 Å². The van der Waals surface area contributed by atoms with E-state index in [1.165, 1.54) is 0 Å². The molecule has 1 aliphatic heterocycles. The maximum atomic E-state index is 12.3. The van der Waals surface area contributed by atoms with Crippen molar-refractivity contribution < 1.29 is 24.5 Å². The zero-order valence-corrected chi connectivity index (χ0v) is 13.2. The smallest absolute Gasteiger partial charge is 0.310 e. The van der Waals surface area contributed by atoms with Crippen molar-refractivity contribution >= 4 is 23.4 Å². The van der Waals surface area contributed by atoms with Gasteiger partial charge in [-0.2, -0.15) is 0 Å². The van der Waals surface area contributed by atoms with Crippen LogP contribution in [0.1, 0.15) is 54.9 Å². The molecule has 22 heavy (non-hydrogen) atoms. The molecule has 1 atom stereocenters. The number of cyclic esters (lactones) is 1. The van der Waals surface area contributed by atoms with Crippen molar-refractivity contribution in [3.05, 3.63) is 22.2 Å². The topological polar surface area (TPSA) is 83.8 Å². The number of hydrogen-bond acceptors (Lipinski definition) is 5. The van der Waals surface area contributed by atoms with E-state index in [0.717, 1.165) is 25.3 Å². The maximum absolute atomic E-state index is 12.3. The van der Waals surface area contributed by atoms with Crippen LogP contribution in [0.25, 0.3) is 0 Å². The van der Waals surface area contributed by atoms with Crippen LogP contribution >= 0.6 is 11.6 Å². The van der Waals surface area contributed by atoms with Crippen LogP contribution in [0.4, 0.5) is 0 Å². The molecule has 0 saturated carbocycles. The van der Waals surface area contributed by atoms with Gasteiger partial charge in [0.15, 0.2) is 5.78 Å². The molecule has 1 aliphatic rings. The number of esters is 1. The summed E-state index contributed by atoms with van der Waals surface area (Å²) in [4.78, 5) is 24.3. The summed E-state index contributed by atoms with van der Waals surface area (Å²) in [6.07, 6.45) is 2.95. The fraction of sp³-hybridized carbons (Fsp3) is 0.500. The number of carbonyl (C=O) groups is 2. The molecule has 6 heteroatoms. The van der Waals surface area contributed by atoms with Gasteiger partial charge < -0.3 is 14.9 Å². The molecular formula is C16H19ClO5. The number of phenolic OH excluding ortho intramolecular Hbond substituents is 2. The maximum Gasteiger partial charge on any atom is 0.310 e. The molecule has 1 heterocycles. The number of phenols is 2. The predicted octanol–water partition coefficient (Wildman–Crippen LogP) is 3.37. The molecule has 0 aliphatic carbocycles. The normalized spacial score (nSPS) is 20.5. The van der Waals surface area contributed by atoms with Crippen molar-refractivity contribution in [3.63, 3.8) is 0 Å². The number of Topliss-reactive ketones (excluding diaryl/α,β-unsaturated/α-hetero) is 1. The molecule has 1 aromatic carbocycles. The number of halogens is 1. The highest BCUT2D eigenvalue weighted by atomic mass is 35.5. The minimum atomic E-state index is -0.533. The monoisotopic (exact) mass is 326 g/mol. The molecule has 0 saturated heterocycles. The van der Waals surface area contributed by atoms with Gasteiger partial charge in [-0.1, -0.05) is 18.0 Å². The van der Waals surface area contributed by atoms with Crippen molar-refractivity contribution in [2.45, 2.75) is 51.6 Å². The Morgan fingerprint density at radius 1 is 1.18 bits per heavy atom. The molecule has 2 rings (SSSR count). The fourth-order valence-electron chi connectivity index (χ4n) is 2.65. The highest BCUT2D eigenvalue weighted by Gasteiger charge is 2.25. The molecule has 0 aromatic heterocycles. The molecule has 1 unspecified atom stereocenters. The van der Waals surface area contributed by atoms with Crippen molar-refractivity contribution in [2.75, 3.05) is 0 Å². The van der Waals surface area contributed by atoms with E-state index in [1.807, 2.05) is 6.92 Å². The summed E-state index contributed by atoms with van der Waals surface area (Å²) in [5.41, 5.74) is 0.134. The number of ketones is 1. The van der Waals surface area contributed by atoms with Gasteiger partial charge in [0.1, 0.15) is 11.5 Å². The number of fused-ring (bicyclic) bond motifs is 1. The van der Waals surface area contributed by atoms with Gasteiger partial charge in [-0.25, -0.2) is 0 Å². The van der Waals surface area contributed by atoms with Gasteiger partial charge >= 0.3 is 5.97 Å². The van der Waals surface area contributed by atoms with E-state index < -0.39 is 5.97 Å². The van der Waals surface area contributed by atoms with Crippen LogP contribution in [0.5, 0.6) is 11.5 Å². The highest BCUT2D eigenvalue weighted by molar-refractivity contribution is 6.33. The second kappa shape index (κ2) is 7.01. The van der Waals surface area contributed by atoms with E-state index >= 15 is 0 Å². The lowest BCUT2D eigenvalue weighted by atomic mass is 9.95. The molecule has 0 fully saturated rings. The Labute approximate surface area is 133 Å². The van der Waals surface area contributed by atoms with Gasteiger partial charge in [0.05, 0.1) is 23.1 Å². The second-order valence-electron chi connectivity index (χ2n) is 5.58. The first-order valence-corrected chi connectivity index (χ1v) is 7.74. The molecule has 0 spiro atoms. The van der Waals surface area contributed by atoms with Crippen LogP contribution in [0.2, 0.25) is 5.02 Å². The summed E-state index contributed by atoms with van der Waals surface area (Å²) in [5, 5.41) is 19.6. The molecule has 0 radical (unpaired) electrons. The number of aromatic hydroxyl groups is 2.